The van der Waals surface area contributed by atoms with Crippen molar-refractivity contribution in [3.05, 3.63) is 63.7 Å². The second kappa shape index (κ2) is 5.03. The Labute approximate surface area is 119 Å². The Kier molecular flexibility index (Phi) is 3.19. The van der Waals surface area contributed by atoms with E-state index in [0.717, 1.165) is 0 Å². The van der Waals surface area contributed by atoms with E-state index in [-0.39, 0.29) is 12.0 Å². The van der Waals surface area contributed by atoms with Gasteiger partial charge in [-0.05, 0) is 5.56 Å². The fourth-order valence-corrected chi connectivity index (χ4v) is 2.49. The molecule has 106 valence electrons. The van der Waals surface area contributed by atoms with Crippen molar-refractivity contribution < 1.29 is 19.4 Å². The molecule has 0 radical (unpaired) electrons. The van der Waals surface area contributed by atoms with Crippen LogP contribution < -0.4 is 5.63 Å². The molecular weight excluding hydrogens is 272 g/mol. The number of hydrogen-bond donors (Lipinski definition) is 2. The number of benzene rings is 1. The fraction of sp³-hybridized carbons (Fsp3) is 0.125. The summed E-state index contributed by atoms with van der Waals surface area (Å²) in [4.78, 5) is 23.4. The number of aromatic carboxylic acids is 1. The van der Waals surface area contributed by atoms with Crippen molar-refractivity contribution in [2.75, 3.05) is 0 Å². The Bertz CT molecular complexity index is 786. The van der Waals surface area contributed by atoms with Gasteiger partial charge in [0.05, 0.1) is 6.10 Å². The van der Waals surface area contributed by atoms with Crippen LogP contribution in [0.1, 0.15) is 21.7 Å². The second-order valence-corrected chi connectivity index (χ2v) is 4.78. The minimum Gasteiger partial charge on any atom is -0.477 e. The number of aliphatic hydroxyl groups is 1. The van der Waals surface area contributed by atoms with Gasteiger partial charge < -0.3 is 14.6 Å². The maximum atomic E-state index is 12.0. The van der Waals surface area contributed by atoms with Gasteiger partial charge in [-0.3, -0.25) is 0 Å². The molecule has 1 aliphatic rings. The van der Waals surface area contributed by atoms with Gasteiger partial charge in [-0.15, -0.1) is 0 Å². The van der Waals surface area contributed by atoms with Crippen molar-refractivity contribution in [3.63, 3.8) is 0 Å². The average Bonchev–Trinajstić information content (AvgIpc) is 2.46. The number of carboxylic acids is 1. The second-order valence-electron chi connectivity index (χ2n) is 4.78. The van der Waals surface area contributed by atoms with Crippen LogP contribution in [0.2, 0.25) is 0 Å². The van der Waals surface area contributed by atoms with Crippen molar-refractivity contribution >= 4 is 12.0 Å². The van der Waals surface area contributed by atoms with Crippen molar-refractivity contribution in [1.82, 2.24) is 0 Å². The van der Waals surface area contributed by atoms with Crippen molar-refractivity contribution in [1.29, 1.82) is 0 Å². The molecule has 1 aromatic heterocycles. The first kappa shape index (κ1) is 13.3. The van der Waals surface area contributed by atoms with Crippen molar-refractivity contribution in [2.45, 2.75) is 12.5 Å². The maximum Gasteiger partial charge on any atom is 0.351 e. The zero-order valence-corrected chi connectivity index (χ0v) is 10.9. The highest BCUT2D eigenvalue weighted by Gasteiger charge is 2.26. The zero-order chi connectivity index (χ0) is 15.0. The Morgan fingerprint density at radius 3 is 2.62 bits per heavy atom. The lowest BCUT2D eigenvalue weighted by Gasteiger charge is -2.18. The first-order chi connectivity index (χ1) is 10.1. The minimum absolute atomic E-state index is 0.154. The molecule has 1 aliphatic carbocycles. The van der Waals surface area contributed by atoms with E-state index >= 15 is 0 Å². The monoisotopic (exact) mass is 284 g/mol. The third kappa shape index (κ3) is 2.28. The van der Waals surface area contributed by atoms with Gasteiger partial charge in [0, 0.05) is 17.5 Å². The van der Waals surface area contributed by atoms with E-state index in [1.807, 2.05) is 0 Å². The Hall–Kier alpha value is -2.66. The summed E-state index contributed by atoms with van der Waals surface area (Å²) in [5, 5.41) is 18.9. The topological polar surface area (TPSA) is 87.7 Å². The first-order valence-corrected chi connectivity index (χ1v) is 6.43. The average molecular weight is 284 g/mol. The lowest BCUT2D eigenvalue weighted by molar-refractivity contribution is 0.0692. The van der Waals surface area contributed by atoms with Crippen LogP contribution in [0.3, 0.4) is 0 Å². The smallest absolute Gasteiger partial charge is 0.351 e. The van der Waals surface area contributed by atoms with E-state index in [4.69, 9.17) is 4.42 Å². The highest BCUT2D eigenvalue weighted by atomic mass is 16.4. The van der Waals surface area contributed by atoms with Gasteiger partial charge in [0.1, 0.15) is 5.76 Å². The van der Waals surface area contributed by atoms with E-state index in [1.54, 1.807) is 42.5 Å². The number of rotatable bonds is 2. The van der Waals surface area contributed by atoms with Crippen LogP contribution in [-0.2, 0) is 6.42 Å². The molecular formula is C16H12O5. The van der Waals surface area contributed by atoms with Crippen molar-refractivity contribution in [3.8, 4) is 11.1 Å². The number of carboxylic acid groups (broad SMARTS) is 1. The highest BCUT2D eigenvalue weighted by Crippen LogP contribution is 2.32. The quantitative estimate of drug-likeness (QED) is 0.879. The third-order valence-corrected chi connectivity index (χ3v) is 3.40. The highest BCUT2D eigenvalue weighted by molar-refractivity contribution is 5.98. The summed E-state index contributed by atoms with van der Waals surface area (Å²) >= 11 is 0. The lowest BCUT2D eigenvalue weighted by Crippen LogP contribution is -2.21. The van der Waals surface area contributed by atoms with Gasteiger partial charge in [0.25, 0.3) is 0 Å². The summed E-state index contributed by atoms with van der Waals surface area (Å²) in [7, 11) is 0. The summed E-state index contributed by atoms with van der Waals surface area (Å²) in [5.41, 5.74) is 0.199. The molecule has 0 spiro atoms. The van der Waals surface area contributed by atoms with Gasteiger partial charge in [0.2, 0.25) is 0 Å². The van der Waals surface area contributed by atoms with Gasteiger partial charge in [-0.25, -0.2) is 9.59 Å². The standard InChI is InChI=1S/C16H12O5/c17-10-6-7-11-12(8-10)21-16(20)14(15(18)19)13(11)9-4-2-1-3-5-9/h1-7,10,17H,8H2,(H,18,19)/t10-/m0/s1. The molecule has 3 rings (SSSR count). The van der Waals surface area contributed by atoms with Crippen LogP contribution in [0, 0.1) is 0 Å². The molecule has 0 bridgehead atoms. The molecule has 0 saturated carbocycles. The molecule has 0 fully saturated rings. The lowest BCUT2D eigenvalue weighted by atomic mass is 9.91. The number of hydrogen-bond acceptors (Lipinski definition) is 4. The molecule has 0 unspecified atom stereocenters. The molecule has 2 N–H and O–H groups in total. The van der Waals surface area contributed by atoms with Gasteiger partial charge in [-0.1, -0.05) is 42.5 Å². The van der Waals surface area contributed by atoms with Crippen LogP contribution in [0.5, 0.6) is 0 Å². The minimum atomic E-state index is -1.33. The first-order valence-electron chi connectivity index (χ1n) is 6.43. The van der Waals surface area contributed by atoms with Gasteiger partial charge in [-0.2, -0.15) is 0 Å². The Morgan fingerprint density at radius 1 is 1.24 bits per heavy atom. The SMILES string of the molecule is O=C(O)c1c(-c2ccccc2)c2c(oc1=O)C[C@@H](O)C=C2. The summed E-state index contributed by atoms with van der Waals surface area (Å²) in [6.07, 6.45) is 2.57. The van der Waals surface area contributed by atoms with E-state index in [9.17, 15) is 19.8 Å². The number of aliphatic hydroxyl groups excluding tert-OH is 1. The summed E-state index contributed by atoms with van der Waals surface area (Å²) in [6.45, 7) is 0. The zero-order valence-electron chi connectivity index (χ0n) is 10.9. The Balaban J connectivity index is 2.38. The largest absolute Gasteiger partial charge is 0.477 e. The predicted octanol–water partition coefficient (Wildman–Crippen LogP) is 1.94. The van der Waals surface area contributed by atoms with Gasteiger partial charge >= 0.3 is 11.6 Å². The summed E-state index contributed by atoms with van der Waals surface area (Å²) in [5.74, 6) is -1.02. The van der Waals surface area contributed by atoms with Gasteiger partial charge in [0.15, 0.2) is 5.56 Å². The Morgan fingerprint density at radius 2 is 1.95 bits per heavy atom. The molecule has 1 heterocycles. The molecule has 5 heteroatoms. The van der Waals surface area contributed by atoms with Crippen LogP contribution in [0.25, 0.3) is 17.2 Å². The number of fused-ring (bicyclic) bond motifs is 1. The van der Waals surface area contributed by atoms with Crippen LogP contribution in [0.15, 0.2) is 45.6 Å². The normalized spacial score (nSPS) is 16.5. The molecule has 2 aromatic rings. The maximum absolute atomic E-state index is 12.0. The van der Waals surface area contributed by atoms with Crippen LogP contribution in [-0.4, -0.2) is 22.3 Å². The molecule has 0 aliphatic heterocycles. The molecule has 1 aromatic carbocycles. The van der Waals surface area contributed by atoms with Crippen LogP contribution >= 0.6 is 0 Å². The van der Waals surface area contributed by atoms with Crippen molar-refractivity contribution in [2.24, 2.45) is 0 Å². The van der Waals surface area contributed by atoms with E-state index < -0.39 is 17.7 Å². The summed E-state index contributed by atoms with van der Waals surface area (Å²) < 4.78 is 5.08. The molecule has 1 atom stereocenters. The number of carbonyl (C=O) groups is 1. The van der Waals surface area contributed by atoms with E-state index in [0.29, 0.717) is 22.5 Å². The predicted molar refractivity (Wildman–Crippen MR) is 76.1 cm³/mol. The van der Waals surface area contributed by atoms with Crippen LogP contribution in [0.4, 0.5) is 0 Å². The molecule has 21 heavy (non-hydrogen) atoms. The molecule has 5 nitrogen and oxygen atoms in total. The summed E-state index contributed by atoms with van der Waals surface area (Å²) in [6, 6.07) is 8.81. The van der Waals surface area contributed by atoms with E-state index in [1.165, 1.54) is 0 Å². The molecule has 0 amide bonds. The molecule has 0 saturated heterocycles. The fourth-order valence-electron chi connectivity index (χ4n) is 2.49. The van der Waals surface area contributed by atoms with E-state index in [2.05, 4.69) is 0 Å². The third-order valence-electron chi connectivity index (χ3n) is 3.40.